The number of carbonyl (C=O) groups excluding carboxylic acids is 1. The van der Waals surface area contributed by atoms with Gasteiger partial charge in [-0.05, 0) is 59.5 Å². The van der Waals surface area contributed by atoms with Crippen LogP contribution in [0.5, 0.6) is 17.2 Å². The third kappa shape index (κ3) is 4.70. The summed E-state index contributed by atoms with van der Waals surface area (Å²) >= 11 is 0. The number of nitrogens with zero attached hydrogens (tertiary/aromatic N) is 1. The van der Waals surface area contributed by atoms with Crippen molar-refractivity contribution in [1.29, 1.82) is 0 Å². The van der Waals surface area contributed by atoms with E-state index in [4.69, 9.17) is 14.2 Å². The Morgan fingerprint density at radius 3 is 2.14 bits per heavy atom. The van der Waals surface area contributed by atoms with E-state index in [2.05, 4.69) is 0 Å². The number of benzene rings is 3. The minimum atomic E-state index is -1.04. The maximum absolute atomic E-state index is 13.3. The van der Waals surface area contributed by atoms with Crippen LogP contribution in [0.15, 0.2) is 72.5 Å². The van der Waals surface area contributed by atoms with Gasteiger partial charge in [-0.25, -0.2) is 4.79 Å². The molecule has 1 atom stereocenters. The molecule has 0 aromatic heterocycles. The predicted molar refractivity (Wildman–Crippen MR) is 134 cm³/mol. The summed E-state index contributed by atoms with van der Waals surface area (Å²) in [5.41, 5.74) is 2.88. The van der Waals surface area contributed by atoms with Crippen LogP contribution in [0.3, 0.4) is 0 Å². The van der Waals surface area contributed by atoms with Crippen LogP contribution in [0.1, 0.15) is 33.1 Å². The summed E-state index contributed by atoms with van der Waals surface area (Å²) in [6.45, 7) is 0.309. The first kappa shape index (κ1) is 24.7. The molecule has 0 spiro atoms. The van der Waals surface area contributed by atoms with Gasteiger partial charge in [-0.15, -0.1) is 0 Å². The molecule has 0 fully saturated rings. The van der Waals surface area contributed by atoms with E-state index in [1.165, 1.54) is 12.1 Å². The molecule has 8 nitrogen and oxygen atoms in total. The van der Waals surface area contributed by atoms with Gasteiger partial charge in [0.1, 0.15) is 5.75 Å². The van der Waals surface area contributed by atoms with Gasteiger partial charge in [-0.2, -0.15) is 0 Å². The standard InChI is InChI=1S/C28H27NO7/c1-34-21-11-9-18(10-12-21)24-25(19-5-7-20(8-6-19)28(32)33)29(27(31)26(24)30)15-14-17-4-13-22(35-2)23(16-17)36-3/h4-13,16,25,30H,14-15H2,1-3H3,(H,32,33). The number of aliphatic hydroxyl groups excluding tert-OH is 1. The van der Waals surface area contributed by atoms with Gasteiger partial charge in [0.2, 0.25) is 0 Å². The molecular formula is C28H27NO7. The van der Waals surface area contributed by atoms with Gasteiger partial charge < -0.3 is 29.3 Å². The number of carbonyl (C=O) groups is 2. The minimum absolute atomic E-state index is 0.138. The number of hydrogen-bond donors (Lipinski definition) is 2. The highest BCUT2D eigenvalue weighted by Crippen LogP contribution is 2.43. The van der Waals surface area contributed by atoms with Crippen molar-refractivity contribution in [1.82, 2.24) is 4.90 Å². The molecular weight excluding hydrogens is 462 g/mol. The number of amides is 1. The fourth-order valence-corrected chi connectivity index (χ4v) is 4.39. The molecule has 8 heteroatoms. The maximum Gasteiger partial charge on any atom is 0.335 e. The van der Waals surface area contributed by atoms with E-state index < -0.39 is 17.9 Å². The minimum Gasteiger partial charge on any atom is -0.503 e. The number of ether oxygens (including phenoxy) is 3. The van der Waals surface area contributed by atoms with Crippen LogP contribution in [0.25, 0.3) is 5.57 Å². The van der Waals surface area contributed by atoms with Gasteiger partial charge in [0.15, 0.2) is 17.3 Å². The van der Waals surface area contributed by atoms with Crippen LogP contribution >= 0.6 is 0 Å². The Kier molecular flexibility index (Phi) is 7.15. The smallest absolute Gasteiger partial charge is 0.335 e. The Morgan fingerprint density at radius 2 is 1.56 bits per heavy atom. The normalized spacial score (nSPS) is 15.2. The highest BCUT2D eigenvalue weighted by molar-refractivity contribution is 6.05. The van der Waals surface area contributed by atoms with E-state index in [-0.39, 0.29) is 11.3 Å². The van der Waals surface area contributed by atoms with Crippen LogP contribution in [-0.4, -0.2) is 54.9 Å². The van der Waals surface area contributed by atoms with Gasteiger partial charge in [-0.1, -0.05) is 30.3 Å². The first-order valence-electron chi connectivity index (χ1n) is 11.3. The lowest BCUT2D eigenvalue weighted by molar-refractivity contribution is -0.129. The average molecular weight is 490 g/mol. The first-order valence-corrected chi connectivity index (χ1v) is 11.3. The molecule has 0 radical (unpaired) electrons. The largest absolute Gasteiger partial charge is 0.503 e. The van der Waals surface area contributed by atoms with Crippen molar-refractivity contribution in [2.75, 3.05) is 27.9 Å². The van der Waals surface area contributed by atoms with Crippen LogP contribution < -0.4 is 14.2 Å². The summed E-state index contributed by atoms with van der Waals surface area (Å²) in [5.74, 6) is -0.0215. The molecule has 186 valence electrons. The zero-order chi connectivity index (χ0) is 25.8. The van der Waals surface area contributed by atoms with Crippen molar-refractivity contribution in [3.8, 4) is 17.2 Å². The lowest BCUT2D eigenvalue weighted by Gasteiger charge is -2.27. The van der Waals surface area contributed by atoms with Gasteiger partial charge in [0, 0.05) is 12.1 Å². The van der Waals surface area contributed by atoms with E-state index in [1.807, 2.05) is 12.1 Å². The van der Waals surface area contributed by atoms with Crippen LogP contribution in [0.4, 0.5) is 0 Å². The Hall–Kier alpha value is -4.46. The Bertz CT molecular complexity index is 1300. The highest BCUT2D eigenvalue weighted by Gasteiger charge is 2.40. The van der Waals surface area contributed by atoms with Gasteiger partial charge in [0.05, 0.1) is 32.9 Å². The molecule has 3 aromatic carbocycles. The van der Waals surface area contributed by atoms with Crippen LogP contribution in [-0.2, 0) is 11.2 Å². The maximum atomic E-state index is 13.3. The van der Waals surface area contributed by atoms with Crippen molar-refractivity contribution < 1.29 is 34.0 Å². The molecule has 0 saturated carbocycles. The second-order valence-electron chi connectivity index (χ2n) is 8.26. The topological polar surface area (TPSA) is 106 Å². The number of methoxy groups -OCH3 is 3. The lowest BCUT2D eigenvalue weighted by atomic mass is 9.92. The lowest BCUT2D eigenvalue weighted by Crippen LogP contribution is -2.32. The van der Waals surface area contributed by atoms with Crippen LogP contribution in [0, 0.1) is 0 Å². The second kappa shape index (κ2) is 10.4. The van der Waals surface area contributed by atoms with E-state index in [1.54, 1.807) is 68.7 Å². The molecule has 0 bridgehead atoms. The highest BCUT2D eigenvalue weighted by atomic mass is 16.5. The Morgan fingerprint density at radius 1 is 0.889 bits per heavy atom. The van der Waals surface area contributed by atoms with Crippen molar-refractivity contribution in [3.05, 3.63) is 94.7 Å². The first-order chi connectivity index (χ1) is 17.4. The Labute approximate surface area is 209 Å². The summed E-state index contributed by atoms with van der Waals surface area (Å²) in [5, 5.41) is 20.3. The Balaban J connectivity index is 1.70. The van der Waals surface area contributed by atoms with Gasteiger partial charge in [0.25, 0.3) is 5.91 Å². The monoisotopic (exact) mass is 489 g/mol. The fraction of sp³-hybridized carbons (Fsp3) is 0.214. The summed E-state index contributed by atoms with van der Waals surface area (Å²) < 4.78 is 15.9. The number of carboxylic acid groups (broad SMARTS) is 1. The summed E-state index contributed by atoms with van der Waals surface area (Å²) in [7, 11) is 4.69. The number of aromatic carboxylic acids is 1. The molecule has 4 rings (SSSR count). The molecule has 1 unspecified atom stereocenters. The molecule has 1 aliphatic heterocycles. The molecule has 36 heavy (non-hydrogen) atoms. The summed E-state index contributed by atoms with van der Waals surface area (Å²) in [4.78, 5) is 26.2. The fourth-order valence-electron chi connectivity index (χ4n) is 4.39. The molecule has 1 amide bonds. The van der Waals surface area contributed by atoms with Crippen molar-refractivity contribution in [3.63, 3.8) is 0 Å². The van der Waals surface area contributed by atoms with E-state index in [9.17, 15) is 19.8 Å². The third-order valence-corrected chi connectivity index (χ3v) is 6.27. The van der Waals surface area contributed by atoms with Crippen molar-refractivity contribution in [2.24, 2.45) is 0 Å². The molecule has 0 aliphatic carbocycles. The molecule has 1 aliphatic rings. The SMILES string of the molecule is COc1ccc(C2=C(O)C(=O)N(CCc3ccc(OC)c(OC)c3)C2c2ccc(C(=O)O)cc2)cc1. The van der Waals surface area contributed by atoms with Gasteiger partial charge >= 0.3 is 5.97 Å². The van der Waals surface area contributed by atoms with Crippen molar-refractivity contribution in [2.45, 2.75) is 12.5 Å². The summed E-state index contributed by atoms with van der Waals surface area (Å²) in [6.07, 6.45) is 0.499. The van der Waals surface area contributed by atoms with E-state index >= 15 is 0 Å². The zero-order valence-electron chi connectivity index (χ0n) is 20.2. The number of rotatable bonds is 9. The predicted octanol–water partition coefficient (Wildman–Crippen LogP) is 4.51. The molecule has 0 saturated heterocycles. The second-order valence-corrected chi connectivity index (χ2v) is 8.26. The molecule has 3 aromatic rings. The number of hydrogen-bond acceptors (Lipinski definition) is 6. The van der Waals surface area contributed by atoms with E-state index in [0.29, 0.717) is 46.9 Å². The average Bonchev–Trinajstić information content (AvgIpc) is 3.16. The zero-order valence-corrected chi connectivity index (χ0v) is 20.2. The van der Waals surface area contributed by atoms with Crippen molar-refractivity contribution >= 4 is 17.4 Å². The van der Waals surface area contributed by atoms with Crippen LogP contribution in [0.2, 0.25) is 0 Å². The number of carboxylic acids is 1. The third-order valence-electron chi connectivity index (χ3n) is 6.27. The molecule has 1 heterocycles. The molecule has 2 N–H and O–H groups in total. The van der Waals surface area contributed by atoms with E-state index in [0.717, 1.165) is 5.56 Å². The van der Waals surface area contributed by atoms with Gasteiger partial charge in [-0.3, -0.25) is 4.79 Å². The quantitative estimate of drug-likeness (QED) is 0.456. The summed E-state index contributed by atoms with van der Waals surface area (Å²) in [6, 6.07) is 18.4. The number of aliphatic hydroxyl groups is 1.